The van der Waals surface area contributed by atoms with Gasteiger partial charge in [0.1, 0.15) is 5.75 Å². The minimum atomic E-state index is -0.343. The topological polar surface area (TPSA) is 59.1 Å². The van der Waals surface area contributed by atoms with E-state index >= 15 is 0 Å². The van der Waals surface area contributed by atoms with Crippen LogP contribution in [0.2, 0.25) is 10.0 Å². The summed E-state index contributed by atoms with van der Waals surface area (Å²) in [5.41, 5.74) is 1.72. The van der Waals surface area contributed by atoms with Crippen molar-refractivity contribution in [3.63, 3.8) is 0 Å². The fraction of sp³-hybridized carbons (Fsp3) is 0.515. The minimum absolute atomic E-state index is 0.0165. The summed E-state index contributed by atoms with van der Waals surface area (Å²) in [7, 11) is 1.78. The lowest BCUT2D eigenvalue weighted by atomic mass is 9.56. The van der Waals surface area contributed by atoms with E-state index < -0.39 is 0 Å². The fourth-order valence-electron chi connectivity index (χ4n) is 6.88. The quantitative estimate of drug-likeness (QED) is 0.175. The molecule has 41 heavy (non-hydrogen) atoms. The molecule has 1 heterocycles. The lowest BCUT2D eigenvalue weighted by molar-refractivity contribution is -0.140. The minimum Gasteiger partial charge on any atom is -0.427 e. The molecule has 0 radical (unpaired) electrons. The molecule has 0 aromatic heterocycles. The van der Waals surface area contributed by atoms with Gasteiger partial charge in [0.05, 0.1) is 22.6 Å². The molecule has 8 heteroatoms. The molecule has 1 saturated heterocycles. The summed E-state index contributed by atoms with van der Waals surface area (Å²) in [4.78, 5) is 30.3. The smallest absolute Gasteiger partial charge is 0.308 e. The van der Waals surface area contributed by atoms with Crippen LogP contribution in [0.25, 0.3) is 0 Å². The van der Waals surface area contributed by atoms with E-state index in [0.717, 1.165) is 50.0 Å². The molecule has 2 aromatic rings. The predicted molar refractivity (Wildman–Crippen MR) is 165 cm³/mol. The number of hydrogen-bond donors (Lipinski definition) is 0. The second-order valence-corrected chi connectivity index (χ2v) is 12.7. The number of carbonyl (C=O) groups is 2. The lowest BCUT2D eigenvalue weighted by Crippen LogP contribution is -2.62. The molecule has 0 spiro atoms. The number of nitrogens with zero attached hydrogens (tertiary/aromatic N) is 2. The number of halogens is 2. The number of likely N-dealkylation sites (tertiary alicyclic amines) is 1. The number of piperidine rings is 1. The van der Waals surface area contributed by atoms with Crippen LogP contribution in [-0.4, -0.2) is 67.1 Å². The van der Waals surface area contributed by atoms with E-state index in [2.05, 4.69) is 36.3 Å². The van der Waals surface area contributed by atoms with Crippen molar-refractivity contribution in [3.05, 3.63) is 76.3 Å². The van der Waals surface area contributed by atoms with E-state index in [1.807, 2.05) is 30.3 Å². The maximum Gasteiger partial charge on any atom is 0.308 e. The summed E-state index contributed by atoms with van der Waals surface area (Å²) >= 11 is 12.4. The first-order valence-electron chi connectivity index (χ1n) is 14.4. The second-order valence-electron chi connectivity index (χ2n) is 11.9. The molecule has 1 unspecified atom stereocenters. The third-order valence-corrected chi connectivity index (χ3v) is 9.35. The summed E-state index contributed by atoms with van der Waals surface area (Å²) in [5, 5.41) is 0.925. The number of benzene rings is 2. The van der Waals surface area contributed by atoms with Crippen LogP contribution in [-0.2, 0) is 26.2 Å². The molecular formula is C33H42Cl2N2O4. The Balaban J connectivity index is 1.73. The van der Waals surface area contributed by atoms with Crippen molar-refractivity contribution in [1.82, 2.24) is 9.80 Å². The fourth-order valence-corrected chi connectivity index (χ4v) is 7.20. The molecule has 1 aliphatic heterocycles. The highest BCUT2D eigenvalue weighted by molar-refractivity contribution is 6.42. The summed E-state index contributed by atoms with van der Waals surface area (Å²) < 4.78 is 11.7. The van der Waals surface area contributed by atoms with Gasteiger partial charge in [-0.25, -0.2) is 0 Å². The van der Waals surface area contributed by atoms with Gasteiger partial charge in [-0.15, -0.1) is 6.58 Å². The Bertz CT molecular complexity index is 1250. The van der Waals surface area contributed by atoms with Gasteiger partial charge < -0.3 is 14.4 Å². The molecular weight excluding hydrogens is 559 g/mol. The highest BCUT2D eigenvalue weighted by Gasteiger charge is 2.53. The van der Waals surface area contributed by atoms with Gasteiger partial charge in [0.15, 0.2) is 0 Å². The van der Waals surface area contributed by atoms with Crippen LogP contribution in [0.4, 0.5) is 0 Å². The van der Waals surface area contributed by atoms with E-state index in [-0.39, 0.29) is 41.8 Å². The Morgan fingerprint density at radius 3 is 2.63 bits per heavy atom. The van der Waals surface area contributed by atoms with Crippen LogP contribution in [0.5, 0.6) is 5.75 Å². The van der Waals surface area contributed by atoms with Crippen molar-refractivity contribution < 1.29 is 19.1 Å². The highest BCUT2D eigenvalue weighted by atomic mass is 35.5. The summed E-state index contributed by atoms with van der Waals surface area (Å²) in [6.45, 7) is 12.9. The van der Waals surface area contributed by atoms with Crippen molar-refractivity contribution >= 4 is 35.1 Å². The number of rotatable bonds is 10. The molecule has 4 rings (SSSR count). The van der Waals surface area contributed by atoms with Crippen molar-refractivity contribution in [1.29, 1.82) is 0 Å². The Morgan fingerprint density at radius 1 is 1.20 bits per heavy atom. The molecule has 4 atom stereocenters. The lowest BCUT2D eigenvalue weighted by Gasteiger charge is -2.57. The van der Waals surface area contributed by atoms with Gasteiger partial charge in [0.2, 0.25) is 5.91 Å². The average molecular weight is 602 g/mol. The van der Waals surface area contributed by atoms with E-state index in [1.54, 1.807) is 19.2 Å². The largest absolute Gasteiger partial charge is 0.427 e. The standard InChI is InChI=1S/C33H42Cl2N2O4/c1-6-13-36-14-12-33(25-8-7-9-27(17-25)41-23(4)38)19-26(18-31(40-5)28(33)21-36)37(20-22(2)3)32(39)16-24-10-11-29(34)30(35)15-24/h6-11,15,17,22,26,28,31H,1,12-14,16,18-21H2,2-5H3/t26-,28-,31?,33-/m0/s1. The van der Waals surface area contributed by atoms with Gasteiger partial charge in [-0.3, -0.25) is 14.5 Å². The van der Waals surface area contributed by atoms with Crippen molar-refractivity contribution in [2.75, 3.05) is 33.3 Å². The van der Waals surface area contributed by atoms with Crippen molar-refractivity contribution in [2.45, 2.75) is 64.0 Å². The maximum absolute atomic E-state index is 14.0. The molecule has 2 aliphatic rings. The van der Waals surface area contributed by atoms with Gasteiger partial charge in [-0.2, -0.15) is 0 Å². The Labute approximate surface area is 254 Å². The number of amides is 1. The number of hydrogen-bond acceptors (Lipinski definition) is 5. The molecule has 1 aliphatic carbocycles. The second kappa shape index (κ2) is 13.7. The van der Waals surface area contributed by atoms with E-state index in [1.165, 1.54) is 6.92 Å². The number of methoxy groups -OCH3 is 1. The van der Waals surface area contributed by atoms with E-state index in [9.17, 15) is 9.59 Å². The third kappa shape index (κ3) is 7.34. The molecule has 1 amide bonds. The molecule has 2 aromatic carbocycles. The Kier molecular flexibility index (Phi) is 10.6. The van der Waals surface area contributed by atoms with Gasteiger partial charge >= 0.3 is 5.97 Å². The zero-order chi connectivity index (χ0) is 29.7. The first-order valence-corrected chi connectivity index (χ1v) is 15.2. The molecule has 0 bridgehead atoms. The first-order chi connectivity index (χ1) is 19.6. The van der Waals surface area contributed by atoms with E-state index in [4.69, 9.17) is 32.7 Å². The summed E-state index contributed by atoms with van der Waals surface area (Å²) in [6, 6.07) is 13.3. The summed E-state index contributed by atoms with van der Waals surface area (Å²) in [6.07, 6.45) is 4.63. The van der Waals surface area contributed by atoms with Crippen LogP contribution in [0, 0.1) is 11.8 Å². The summed E-state index contributed by atoms with van der Waals surface area (Å²) in [5.74, 6) is 0.773. The molecule has 1 saturated carbocycles. The monoisotopic (exact) mass is 600 g/mol. The third-order valence-electron chi connectivity index (χ3n) is 8.61. The highest BCUT2D eigenvalue weighted by Crippen LogP contribution is 2.51. The Morgan fingerprint density at radius 2 is 1.98 bits per heavy atom. The molecule has 222 valence electrons. The van der Waals surface area contributed by atoms with Crippen LogP contribution in [0.1, 0.15) is 51.2 Å². The zero-order valence-electron chi connectivity index (χ0n) is 24.6. The molecule has 0 N–H and O–H groups in total. The van der Waals surface area contributed by atoms with E-state index in [0.29, 0.717) is 28.3 Å². The molecule has 6 nitrogen and oxygen atoms in total. The van der Waals surface area contributed by atoms with Crippen LogP contribution >= 0.6 is 23.2 Å². The normalized spacial score (nSPS) is 24.5. The molecule has 2 fully saturated rings. The predicted octanol–water partition coefficient (Wildman–Crippen LogP) is 6.57. The first kappa shape index (κ1) is 31.6. The SMILES string of the molecule is C=CCN1CC[C@@]2(c3cccc(OC(C)=O)c3)C[C@@H](N(CC(C)C)C(=O)Cc3ccc(Cl)c(Cl)c3)CC(OC)[C@@H]2C1. The van der Waals surface area contributed by atoms with Crippen molar-refractivity contribution in [3.8, 4) is 5.75 Å². The van der Waals surface area contributed by atoms with Crippen LogP contribution in [0.15, 0.2) is 55.1 Å². The van der Waals surface area contributed by atoms with Gasteiger partial charge in [-0.05, 0) is 67.1 Å². The van der Waals surface area contributed by atoms with Gasteiger partial charge in [0.25, 0.3) is 0 Å². The van der Waals surface area contributed by atoms with Crippen LogP contribution < -0.4 is 4.74 Å². The maximum atomic E-state index is 14.0. The Hall–Kier alpha value is -2.38. The number of ether oxygens (including phenoxy) is 2. The van der Waals surface area contributed by atoms with Gasteiger partial charge in [-0.1, -0.05) is 61.3 Å². The number of carbonyl (C=O) groups excluding carboxylic acids is 2. The number of esters is 1. The van der Waals surface area contributed by atoms with Crippen molar-refractivity contribution in [2.24, 2.45) is 11.8 Å². The zero-order valence-corrected chi connectivity index (χ0v) is 26.1. The number of fused-ring (bicyclic) bond motifs is 1. The van der Waals surface area contributed by atoms with Gasteiger partial charge in [0, 0.05) is 51.0 Å². The average Bonchev–Trinajstić information content (AvgIpc) is 2.93. The van der Waals surface area contributed by atoms with Crippen LogP contribution in [0.3, 0.4) is 0 Å².